The highest BCUT2D eigenvalue weighted by Crippen LogP contribution is 2.20. The van der Waals surface area contributed by atoms with Crippen molar-refractivity contribution in [1.82, 2.24) is 15.4 Å². The van der Waals surface area contributed by atoms with E-state index in [1.165, 1.54) is 12.4 Å². The largest absolute Gasteiger partial charge is 0.384 e. The first-order valence-electron chi connectivity index (χ1n) is 5.46. The highest BCUT2D eigenvalue weighted by Gasteiger charge is 2.15. The molecule has 0 bridgehead atoms. The number of rotatable bonds is 4. The van der Waals surface area contributed by atoms with Gasteiger partial charge in [0, 0.05) is 18.0 Å². The van der Waals surface area contributed by atoms with Gasteiger partial charge in [-0.05, 0) is 30.2 Å². The standard InChI is InChI=1S/C12H14FN5/c13-10-7-16-3-2-9(10)11(18-15)5-8-1-4-17-12(14)6-8/h1-4,6-7,11,18H,5,15H2,(H2,14,17). The molecule has 0 spiro atoms. The lowest BCUT2D eigenvalue weighted by atomic mass is 10.0. The molecule has 0 fully saturated rings. The van der Waals surface area contributed by atoms with Crippen LogP contribution in [0.5, 0.6) is 0 Å². The van der Waals surface area contributed by atoms with Crippen LogP contribution in [0.3, 0.4) is 0 Å². The quantitative estimate of drug-likeness (QED) is 0.552. The maximum atomic E-state index is 13.6. The average Bonchev–Trinajstić information content (AvgIpc) is 2.37. The van der Waals surface area contributed by atoms with Gasteiger partial charge >= 0.3 is 0 Å². The molecule has 5 nitrogen and oxygen atoms in total. The molecule has 2 heterocycles. The van der Waals surface area contributed by atoms with Gasteiger partial charge in [0.25, 0.3) is 0 Å². The van der Waals surface area contributed by atoms with Crippen LogP contribution in [-0.2, 0) is 6.42 Å². The van der Waals surface area contributed by atoms with Crippen molar-refractivity contribution in [3.8, 4) is 0 Å². The smallest absolute Gasteiger partial charge is 0.146 e. The number of pyridine rings is 2. The van der Waals surface area contributed by atoms with Crippen LogP contribution in [0.4, 0.5) is 10.2 Å². The Morgan fingerprint density at radius 1 is 1.33 bits per heavy atom. The Balaban J connectivity index is 2.23. The summed E-state index contributed by atoms with van der Waals surface area (Å²) in [6.07, 6.45) is 4.83. The second-order valence-corrected chi connectivity index (χ2v) is 3.91. The van der Waals surface area contributed by atoms with Crippen molar-refractivity contribution in [3.05, 3.63) is 53.7 Å². The van der Waals surface area contributed by atoms with Crippen molar-refractivity contribution in [1.29, 1.82) is 0 Å². The summed E-state index contributed by atoms with van der Waals surface area (Å²) in [7, 11) is 0. The number of nitrogen functional groups attached to an aromatic ring is 1. The first-order chi connectivity index (χ1) is 8.70. The van der Waals surface area contributed by atoms with Crippen LogP contribution in [0, 0.1) is 5.82 Å². The number of nitrogens with zero attached hydrogens (tertiary/aromatic N) is 2. The summed E-state index contributed by atoms with van der Waals surface area (Å²) >= 11 is 0. The highest BCUT2D eigenvalue weighted by molar-refractivity contribution is 5.33. The molecule has 0 aliphatic rings. The number of nitrogens with one attached hydrogen (secondary N) is 1. The number of halogens is 1. The molecule has 2 rings (SSSR count). The highest BCUT2D eigenvalue weighted by atomic mass is 19.1. The van der Waals surface area contributed by atoms with Gasteiger partial charge in [-0.1, -0.05) is 0 Å². The zero-order valence-corrected chi connectivity index (χ0v) is 9.68. The first kappa shape index (κ1) is 12.4. The van der Waals surface area contributed by atoms with Crippen molar-refractivity contribution in [2.45, 2.75) is 12.5 Å². The van der Waals surface area contributed by atoms with Crippen molar-refractivity contribution < 1.29 is 4.39 Å². The molecule has 18 heavy (non-hydrogen) atoms. The first-order valence-corrected chi connectivity index (χ1v) is 5.46. The lowest BCUT2D eigenvalue weighted by molar-refractivity contribution is 0.508. The molecule has 1 unspecified atom stereocenters. The van der Waals surface area contributed by atoms with E-state index in [1.54, 1.807) is 18.3 Å². The van der Waals surface area contributed by atoms with Gasteiger partial charge < -0.3 is 5.73 Å². The van der Waals surface area contributed by atoms with Crippen LogP contribution in [0.1, 0.15) is 17.2 Å². The summed E-state index contributed by atoms with van der Waals surface area (Å²) < 4.78 is 13.6. The lowest BCUT2D eigenvalue weighted by Crippen LogP contribution is -2.30. The van der Waals surface area contributed by atoms with E-state index in [-0.39, 0.29) is 11.9 Å². The molecule has 0 saturated carbocycles. The van der Waals surface area contributed by atoms with Gasteiger partial charge in [0.2, 0.25) is 0 Å². The summed E-state index contributed by atoms with van der Waals surface area (Å²) in [4.78, 5) is 7.61. The fourth-order valence-electron chi connectivity index (χ4n) is 1.78. The van der Waals surface area contributed by atoms with Crippen molar-refractivity contribution in [2.75, 3.05) is 5.73 Å². The van der Waals surface area contributed by atoms with Gasteiger partial charge in [0.15, 0.2) is 0 Å². The lowest BCUT2D eigenvalue weighted by Gasteiger charge is -2.16. The van der Waals surface area contributed by atoms with Gasteiger partial charge in [-0.15, -0.1) is 0 Å². The van der Waals surface area contributed by atoms with E-state index >= 15 is 0 Å². The molecule has 0 aliphatic heterocycles. The third kappa shape index (κ3) is 2.79. The second kappa shape index (κ2) is 5.52. The van der Waals surface area contributed by atoms with Gasteiger partial charge in [-0.2, -0.15) is 0 Å². The van der Waals surface area contributed by atoms with E-state index in [0.717, 1.165) is 5.56 Å². The molecular formula is C12H14FN5. The molecule has 0 amide bonds. The van der Waals surface area contributed by atoms with Gasteiger partial charge in [0.1, 0.15) is 11.6 Å². The summed E-state index contributed by atoms with van der Waals surface area (Å²) in [6.45, 7) is 0. The second-order valence-electron chi connectivity index (χ2n) is 3.91. The van der Waals surface area contributed by atoms with Crippen LogP contribution in [-0.4, -0.2) is 9.97 Å². The summed E-state index contributed by atoms with van der Waals surface area (Å²) in [5.74, 6) is 5.52. The summed E-state index contributed by atoms with van der Waals surface area (Å²) in [5, 5.41) is 0. The number of nitrogens with two attached hydrogens (primary N) is 2. The Hall–Kier alpha value is -2.05. The molecular weight excluding hydrogens is 233 g/mol. The van der Waals surface area contributed by atoms with Crippen LogP contribution in [0.25, 0.3) is 0 Å². The van der Waals surface area contributed by atoms with E-state index in [4.69, 9.17) is 11.6 Å². The maximum absolute atomic E-state index is 13.6. The fraction of sp³-hybridized carbons (Fsp3) is 0.167. The van der Waals surface area contributed by atoms with Crippen molar-refractivity contribution >= 4 is 5.82 Å². The minimum absolute atomic E-state index is 0.338. The van der Waals surface area contributed by atoms with E-state index in [2.05, 4.69) is 15.4 Å². The predicted octanol–water partition coefficient (Wildman–Crippen LogP) is 0.945. The van der Waals surface area contributed by atoms with Crippen LogP contribution < -0.4 is 17.0 Å². The number of hydrogen-bond acceptors (Lipinski definition) is 5. The van der Waals surface area contributed by atoms with E-state index < -0.39 is 0 Å². The normalized spacial score (nSPS) is 12.3. The van der Waals surface area contributed by atoms with Crippen molar-refractivity contribution in [3.63, 3.8) is 0 Å². The zero-order chi connectivity index (χ0) is 13.0. The third-order valence-corrected chi connectivity index (χ3v) is 2.67. The molecule has 0 radical (unpaired) electrons. The minimum atomic E-state index is -0.387. The molecule has 2 aromatic heterocycles. The Kier molecular flexibility index (Phi) is 3.81. The Morgan fingerprint density at radius 2 is 2.17 bits per heavy atom. The van der Waals surface area contributed by atoms with Crippen LogP contribution >= 0.6 is 0 Å². The Morgan fingerprint density at radius 3 is 2.83 bits per heavy atom. The Bertz CT molecular complexity index is 531. The van der Waals surface area contributed by atoms with Crippen molar-refractivity contribution in [2.24, 2.45) is 5.84 Å². The van der Waals surface area contributed by atoms with Gasteiger partial charge in [-0.25, -0.2) is 9.37 Å². The predicted molar refractivity (Wildman–Crippen MR) is 66.6 cm³/mol. The van der Waals surface area contributed by atoms with Crippen LogP contribution in [0.15, 0.2) is 36.8 Å². The maximum Gasteiger partial charge on any atom is 0.146 e. The summed E-state index contributed by atoms with van der Waals surface area (Å²) in [5.41, 5.74) is 9.60. The molecule has 94 valence electrons. The SMILES string of the molecule is NNC(Cc1ccnc(N)c1)c1ccncc1F. The Labute approximate surface area is 104 Å². The van der Waals surface area contributed by atoms with Gasteiger partial charge in [0.05, 0.1) is 12.2 Å². The molecule has 0 aliphatic carbocycles. The van der Waals surface area contributed by atoms with E-state index in [1.807, 2.05) is 6.07 Å². The topological polar surface area (TPSA) is 89.8 Å². The molecule has 1 atom stereocenters. The van der Waals surface area contributed by atoms with E-state index in [0.29, 0.717) is 17.8 Å². The van der Waals surface area contributed by atoms with E-state index in [9.17, 15) is 4.39 Å². The monoisotopic (exact) mass is 247 g/mol. The fourth-order valence-corrected chi connectivity index (χ4v) is 1.78. The number of hydrogen-bond donors (Lipinski definition) is 3. The molecule has 5 N–H and O–H groups in total. The molecule has 0 saturated heterocycles. The third-order valence-electron chi connectivity index (χ3n) is 2.67. The zero-order valence-electron chi connectivity index (χ0n) is 9.68. The minimum Gasteiger partial charge on any atom is -0.384 e. The molecule has 2 aromatic rings. The molecule has 6 heteroatoms. The van der Waals surface area contributed by atoms with Crippen LogP contribution in [0.2, 0.25) is 0 Å². The van der Waals surface area contributed by atoms with Gasteiger partial charge in [-0.3, -0.25) is 16.3 Å². The summed E-state index contributed by atoms with van der Waals surface area (Å²) in [6, 6.07) is 4.82. The number of hydrazine groups is 1. The molecule has 0 aromatic carbocycles. The number of anilines is 1. The number of aromatic nitrogens is 2. The average molecular weight is 247 g/mol.